The highest BCUT2D eigenvalue weighted by atomic mass is 19.1. The Kier molecular flexibility index (Phi) is 3.21. The van der Waals surface area contributed by atoms with Gasteiger partial charge in [-0.25, -0.2) is 19.3 Å². The van der Waals surface area contributed by atoms with Gasteiger partial charge in [-0.3, -0.25) is 4.57 Å². The van der Waals surface area contributed by atoms with Crippen LogP contribution in [0.5, 0.6) is 0 Å². The summed E-state index contributed by atoms with van der Waals surface area (Å²) in [5.41, 5.74) is 0.962. The number of alkyl halides is 1. The molecule has 9 heteroatoms. The van der Waals surface area contributed by atoms with Crippen molar-refractivity contribution < 1.29 is 19.3 Å². The summed E-state index contributed by atoms with van der Waals surface area (Å²) in [7, 11) is 0. The topological polar surface area (TPSA) is 105 Å². The molecule has 0 bridgehead atoms. The molecule has 0 spiro atoms. The van der Waals surface area contributed by atoms with Gasteiger partial charge in [0.15, 0.2) is 29.4 Å². The summed E-state index contributed by atoms with van der Waals surface area (Å²) in [6.45, 7) is -0.450. The van der Waals surface area contributed by atoms with E-state index in [-0.39, 0.29) is 0 Å². The molecule has 2 aliphatic rings. The van der Waals surface area contributed by atoms with Crippen molar-refractivity contribution in [3.8, 4) is 0 Å². The second-order valence-corrected chi connectivity index (χ2v) is 5.65. The van der Waals surface area contributed by atoms with E-state index in [0.717, 1.165) is 12.8 Å². The third kappa shape index (κ3) is 2.13. The monoisotopic (exact) mass is 309 g/mol. The van der Waals surface area contributed by atoms with Gasteiger partial charge in [-0.2, -0.15) is 0 Å². The van der Waals surface area contributed by atoms with Crippen molar-refractivity contribution >= 4 is 17.0 Å². The summed E-state index contributed by atoms with van der Waals surface area (Å²) >= 11 is 0. The molecule has 0 radical (unpaired) electrons. The number of halogens is 1. The van der Waals surface area contributed by atoms with E-state index in [1.165, 1.54) is 17.2 Å². The fourth-order valence-corrected chi connectivity index (χ4v) is 2.64. The maximum Gasteiger partial charge on any atom is 0.173 e. The lowest BCUT2D eigenvalue weighted by Crippen LogP contribution is -2.30. The van der Waals surface area contributed by atoms with Crippen LogP contribution in [0, 0.1) is 0 Å². The molecule has 118 valence electrons. The molecule has 22 heavy (non-hydrogen) atoms. The van der Waals surface area contributed by atoms with E-state index in [0.29, 0.717) is 23.0 Å². The standard InChI is InChI=1S/C13H16FN5O3/c14-8-10(21)7(3-20)22-13(8)19-5-17-9-11(18-6-1-2-6)15-4-16-12(9)19/h4-8,10,13,20-21H,1-3H2,(H,15,16,18)/t7-,8-,10-,13-/m1/s1. The van der Waals surface area contributed by atoms with E-state index >= 15 is 0 Å². The van der Waals surface area contributed by atoms with Gasteiger partial charge in [0.25, 0.3) is 0 Å². The number of hydrogen-bond acceptors (Lipinski definition) is 7. The summed E-state index contributed by atoms with van der Waals surface area (Å²) in [4.78, 5) is 12.6. The van der Waals surface area contributed by atoms with E-state index in [1.54, 1.807) is 0 Å². The maximum absolute atomic E-state index is 14.2. The van der Waals surface area contributed by atoms with Crippen molar-refractivity contribution in [2.24, 2.45) is 0 Å². The fraction of sp³-hybridized carbons (Fsp3) is 0.615. The Morgan fingerprint density at radius 1 is 1.36 bits per heavy atom. The van der Waals surface area contributed by atoms with Crippen LogP contribution in [0.2, 0.25) is 0 Å². The van der Waals surface area contributed by atoms with Gasteiger partial charge in [0.1, 0.15) is 18.5 Å². The minimum Gasteiger partial charge on any atom is -0.394 e. The molecule has 3 heterocycles. The average molecular weight is 309 g/mol. The molecular weight excluding hydrogens is 293 g/mol. The third-order valence-electron chi connectivity index (χ3n) is 4.02. The van der Waals surface area contributed by atoms with E-state index in [2.05, 4.69) is 20.3 Å². The zero-order chi connectivity index (χ0) is 15.3. The number of fused-ring (bicyclic) bond motifs is 1. The highest BCUT2D eigenvalue weighted by Gasteiger charge is 2.45. The zero-order valence-electron chi connectivity index (χ0n) is 11.6. The molecule has 2 fully saturated rings. The zero-order valence-corrected chi connectivity index (χ0v) is 11.6. The minimum atomic E-state index is -1.66. The van der Waals surface area contributed by atoms with Crippen molar-refractivity contribution in [2.45, 2.75) is 43.5 Å². The number of nitrogens with one attached hydrogen (secondary N) is 1. The molecular formula is C13H16FN5O3. The third-order valence-corrected chi connectivity index (χ3v) is 4.02. The Bertz CT molecular complexity index is 691. The van der Waals surface area contributed by atoms with E-state index in [1.807, 2.05) is 0 Å². The quantitative estimate of drug-likeness (QED) is 0.729. The van der Waals surface area contributed by atoms with Crippen LogP contribution in [0.25, 0.3) is 11.2 Å². The number of aliphatic hydroxyl groups excluding tert-OH is 2. The smallest absolute Gasteiger partial charge is 0.173 e. The van der Waals surface area contributed by atoms with Crippen molar-refractivity contribution in [1.29, 1.82) is 0 Å². The molecule has 1 saturated heterocycles. The number of imidazole rings is 1. The van der Waals surface area contributed by atoms with Crippen molar-refractivity contribution in [3.05, 3.63) is 12.7 Å². The molecule has 1 aliphatic carbocycles. The highest BCUT2D eigenvalue weighted by Crippen LogP contribution is 2.34. The second kappa shape index (κ2) is 5.11. The van der Waals surface area contributed by atoms with Gasteiger partial charge in [0, 0.05) is 6.04 Å². The van der Waals surface area contributed by atoms with Crippen LogP contribution < -0.4 is 5.32 Å². The molecule has 4 atom stereocenters. The molecule has 3 N–H and O–H groups in total. The van der Waals surface area contributed by atoms with Crippen molar-refractivity contribution in [3.63, 3.8) is 0 Å². The lowest BCUT2D eigenvalue weighted by molar-refractivity contribution is -0.0459. The number of hydrogen-bond donors (Lipinski definition) is 3. The summed E-state index contributed by atoms with van der Waals surface area (Å²) in [6, 6.07) is 0.403. The van der Waals surface area contributed by atoms with Crippen LogP contribution in [0.3, 0.4) is 0 Å². The largest absolute Gasteiger partial charge is 0.394 e. The van der Waals surface area contributed by atoms with Gasteiger partial charge >= 0.3 is 0 Å². The van der Waals surface area contributed by atoms with Gasteiger partial charge in [0.2, 0.25) is 0 Å². The van der Waals surface area contributed by atoms with Gasteiger partial charge in [-0.05, 0) is 12.8 Å². The predicted octanol–water partition coefficient (Wildman–Crippen LogP) is -0.0107. The van der Waals surface area contributed by atoms with Crippen LogP contribution >= 0.6 is 0 Å². The first-order valence-corrected chi connectivity index (χ1v) is 7.21. The predicted molar refractivity (Wildman–Crippen MR) is 73.9 cm³/mol. The molecule has 2 aromatic rings. The molecule has 0 unspecified atom stereocenters. The summed E-state index contributed by atoms with van der Waals surface area (Å²) < 4.78 is 21.1. The Balaban J connectivity index is 1.70. The lowest BCUT2D eigenvalue weighted by Gasteiger charge is -2.15. The summed E-state index contributed by atoms with van der Waals surface area (Å²) in [5.74, 6) is 0.610. The van der Waals surface area contributed by atoms with E-state index in [9.17, 15) is 9.50 Å². The normalized spacial score (nSPS) is 31.8. The number of aliphatic hydroxyl groups is 2. The molecule has 1 aliphatic heterocycles. The molecule has 0 amide bonds. The SMILES string of the molecule is OC[C@H]1O[C@@H](n2cnc3c(NC4CC4)ncnc32)[C@H](F)[C@@H]1O. The Morgan fingerprint density at radius 2 is 2.18 bits per heavy atom. The summed E-state index contributed by atoms with van der Waals surface area (Å²) in [5, 5.41) is 22.1. The molecule has 1 saturated carbocycles. The van der Waals surface area contributed by atoms with Crippen molar-refractivity contribution in [2.75, 3.05) is 11.9 Å². The number of anilines is 1. The molecule has 4 rings (SSSR count). The first-order valence-electron chi connectivity index (χ1n) is 7.21. The summed E-state index contributed by atoms with van der Waals surface area (Å²) in [6.07, 6.45) is -0.0787. The Hall–Kier alpha value is -1.84. The lowest BCUT2D eigenvalue weighted by atomic mass is 10.1. The van der Waals surface area contributed by atoms with Crippen LogP contribution in [-0.2, 0) is 4.74 Å². The van der Waals surface area contributed by atoms with Crippen LogP contribution in [0.4, 0.5) is 10.2 Å². The van der Waals surface area contributed by atoms with Crippen LogP contribution in [-0.4, -0.2) is 60.8 Å². The van der Waals surface area contributed by atoms with Crippen LogP contribution in [0.15, 0.2) is 12.7 Å². The Labute approximate surface area is 125 Å². The fourth-order valence-electron chi connectivity index (χ4n) is 2.64. The number of rotatable bonds is 4. The first-order chi connectivity index (χ1) is 10.7. The van der Waals surface area contributed by atoms with Gasteiger partial charge < -0.3 is 20.3 Å². The highest BCUT2D eigenvalue weighted by molar-refractivity contribution is 5.83. The average Bonchev–Trinajstić information content (AvgIpc) is 3.16. The molecule has 0 aromatic carbocycles. The van der Waals surface area contributed by atoms with E-state index in [4.69, 9.17) is 9.84 Å². The number of nitrogens with zero attached hydrogens (tertiary/aromatic N) is 4. The maximum atomic E-state index is 14.2. The van der Waals surface area contributed by atoms with Gasteiger partial charge in [-0.1, -0.05) is 0 Å². The van der Waals surface area contributed by atoms with Crippen molar-refractivity contribution in [1.82, 2.24) is 19.5 Å². The number of aromatic nitrogens is 4. The Morgan fingerprint density at radius 3 is 2.86 bits per heavy atom. The van der Waals surface area contributed by atoms with Crippen LogP contribution in [0.1, 0.15) is 19.1 Å². The number of ether oxygens (including phenoxy) is 1. The van der Waals surface area contributed by atoms with Gasteiger partial charge in [0.05, 0.1) is 12.9 Å². The second-order valence-electron chi connectivity index (χ2n) is 5.65. The van der Waals surface area contributed by atoms with Gasteiger partial charge in [-0.15, -0.1) is 0 Å². The molecule has 8 nitrogen and oxygen atoms in total. The van der Waals surface area contributed by atoms with E-state index < -0.39 is 31.2 Å². The molecule has 2 aromatic heterocycles. The first kappa shape index (κ1) is 13.8. The minimum absolute atomic E-state index is 0.403.